The molecule has 0 amide bonds. The lowest BCUT2D eigenvalue weighted by atomic mass is 10.2. The van der Waals surface area contributed by atoms with E-state index in [1.165, 1.54) is 5.56 Å². The first-order valence-corrected chi connectivity index (χ1v) is 11.3. The van der Waals surface area contributed by atoms with E-state index in [1.807, 2.05) is 30.3 Å². The maximum absolute atomic E-state index is 6.42. The van der Waals surface area contributed by atoms with Crippen molar-refractivity contribution in [2.45, 2.75) is 16.7 Å². The summed E-state index contributed by atoms with van der Waals surface area (Å²) in [5, 5.41) is 11.6. The van der Waals surface area contributed by atoms with E-state index in [4.69, 9.17) is 22.1 Å². The first kappa shape index (κ1) is 26.6. The number of benzene rings is 2. The Balaban J connectivity index is 0.00000181. The van der Waals surface area contributed by atoms with Crippen LogP contribution in [-0.4, -0.2) is 48.0 Å². The smallest absolute Gasteiger partial charge is 0.244 e. The minimum absolute atomic E-state index is 0. The number of hydrogen-bond acceptors (Lipinski definition) is 7. The van der Waals surface area contributed by atoms with E-state index in [-0.39, 0.29) is 30.9 Å². The summed E-state index contributed by atoms with van der Waals surface area (Å²) < 4.78 is 5.39. The molecule has 1 unspecified atom stereocenters. The van der Waals surface area contributed by atoms with Crippen molar-refractivity contribution in [2.75, 3.05) is 43.1 Å². The highest BCUT2D eigenvalue weighted by Crippen LogP contribution is 2.33. The van der Waals surface area contributed by atoms with Gasteiger partial charge < -0.3 is 20.7 Å². The largest absolute Gasteiger partial charge is 0.378 e. The van der Waals surface area contributed by atoms with Crippen LogP contribution in [0, 0.1) is 0 Å². The van der Waals surface area contributed by atoms with Crippen molar-refractivity contribution in [3.05, 3.63) is 64.9 Å². The molecule has 1 aliphatic rings. The number of anilines is 2. The van der Waals surface area contributed by atoms with E-state index in [9.17, 15) is 0 Å². The molecule has 0 spiro atoms. The Bertz CT molecular complexity index is 956. The maximum atomic E-state index is 6.42. The summed E-state index contributed by atoms with van der Waals surface area (Å²) in [5.41, 5.74) is 8.23. The highest BCUT2D eigenvalue weighted by Gasteiger charge is 2.20. The SMILES string of the molecule is Cl.Cl.NCC(Nc1ccc(Cl)c(SCc2ccccc2)c1)c1nc(N2CCOCC2)n[nH]1. The number of halogens is 3. The summed E-state index contributed by atoms with van der Waals surface area (Å²) in [6.07, 6.45) is 0. The fraction of sp³-hybridized carbons (Fsp3) is 0.333. The van der Waals surface area contributed by atoms with Crippen molar-refractivity contribution in [3.8, 4) is 0 Å². The van der Waals surface area contributed by atoms with Gasteiger partial charge in [-0.05, 0) is 23.8 Å². The quantitative estimate of drug-likeness (QED) is 0.378. The van der Waals surface area contributed by atoms with E-state index in [2.05, 4.69) is 43.6 Å². The Labute approximate surface area is 209 Å². The van der Waals surface area contributed by atoms with Crippen molar-refractivity contribution in [2.24, 2.45) is 5.73 Å². The third-order valence-electron chi connectivity index (χ3n) is 4.86. The zero-order valence-corrected chi connectivity index (χ0v) is 20.6. The molecule has 2 aromatic carbocycles. The van der Waals surface area contributed by atoms with E-state index < -0.39 is 0 Å². The zero-order valence-electron chi connectivity index (χ0n) is 17.4. The lowest BCUT2D eigenvalue weighted by molar-refractivity contribution is 0.122. The normalized spacial score (nSPS) is 14.2. The van der Waals surface area contributed by atoms with Gasteiger partial charge in [-0.2, -0.15) is 4.98 Å². The Hall–Kier alpha value is -1.68. The third kappa shape index (κ3) is 6.91. The van der Waals surface area contributed by atoms with Crippen molar-refractivity contribution >= 4 is 59.8 Å². The molecule has 7 nitrogen and oxygen atoms in total. The second kappa shape index (κ2) is 13.1. The molecule has 174 valence electrons. The van der Waals surface area contributed by atoms with Crippen LogP contribution in [0.2, 0.25) is 5.02 Å². The third-order valence-corrected chi connectivity index (χ3v) is 6.43. The molecule has 1 atom stereocenters. The summed E-state index contributed by atoms with van der Waals surface area (Å²) in [6, 6.07) is 16.1. The molecule has 4 N–H and O–H groups in total. The lowest BCUT2D eigenvalue weighted by Crippen LogP contribution is -2.37. The van der Waals surface area contributed by atoms with Crippen LogP contribution in [0.15, 0.2) is 53.4 Å². The second-order valence-electron chi connectivity index (χ2n) is 6.97. The fourth-order valence-corrected chi connectivity index (χ4v) is 4.42. The van der Waals surface area contributed by atoms with Crippen LogP contribution in [0.5, 0.6) is 0 Å². The van der Waals surface area contributed by atoms with Gasteiger partial charge in [-0.25, -0.2) is 0 Å². The number of H-pyrrole nitrogens is 1. The van der Waals surface area contributed by atoms with Crippen LogP contribution in [0.25, 0.3) is 0 Å². The fourth-order valence-electron chi connectivity index (χ4n) is 3.20. The average molecular weight is 518 g/mol. The van der Waals surface area contributed by atoms with Crippen molar-refractivity contribution < 1.29 is 4.74 Å². The van der Waals surface area contributed by atoms with Crippen LogP contribution >= 0.6 is 48.2 Å². The van der Waals surface area contributed by atoms with Gasteiger partial charge in [0.2, 0.25) is 5.95 Å². The van der Waals surface area contributed by atoms with E-state index in [1.54, 1.807) is 11.8 Å². The monoisotopic (exact) mass is 516 g/mol. The molecule has 4 rings (SSSR count). The predicted octanol–water partition coefficient (Wildman–Crippen LogP) is 4.54. The van der Waals surface area contributed by atoms with Gasteiger partial charge in [0.15, 0.2) is 0 Å². The number of nitrogens with one attached hydrogen (secondary N) is 2. The van der Waals surface area contributed by atoms with Crippen molar-refractivity contribution in [1.82, 2.24) is 15.2 Å². The van der Waals surface area contributed by atoms with Gasteiger partial charge in [0, 0.05) is 36.0 Å². The minimum atomic E-state index is -0.180. The van der Waals surface area contributed by atoms with E-state index in [0.717, 1.165) is 34.4 Å². The van der Waals surface area contributed by atoms with Crippen LogP contribution < -0.4 is 16.0 Å². The lowest BCUT2D eigenvalue weighted by Gasteiger charge is -2.25. The number of aromatic nitrogens is 3. The Morgan fingerprint density at radius 1 is 1.16 bits per heavy atom. The zero-order chi connectivity index (χ0) is 20.8. The molecule has 0 saturated carbocycles. The van der Waals surface area contributed by atoms with E-state index >= 15 is 0 Å². The highest BCUT2D eigenvalue weighted by atomic mass is 35.5. The summed E-state index contributed by atoms with van der Waals surface area (Å²) in [7, 11) is 0. The predicted molar refractivity (Wildman–Crippen MR) is 137 cm³/mol. The van der Waals surface area contributed by atoms with Gasteiger partial charge in [-0.1, -0.05) is 41.9 Å². The minimum Gasteiger partial charge on any atom is -0.378 e. The molecule has 0 aliphatic carbocycles. The van der Waals surface area contributed by atoms with Crippen LogP contribution in [0.1, 0.15) is 17.4 Å². The number of hydrogen-bond donors (Lipinski definition) is 3. The van der Waals surface area contributed by atoms with Gasteiger partial charge >= 0.3 is 0 Å². The molecule has 11 heteroatoms. The summed E-state index contributed by atoms with van der Waals surface area (Å²) >= 11 is 8.13. The number of aromatic amines is 1. The van der Waals surface area contributed by atoms with Crippen LogP contribution in [0.3, 0.4) is 0 Å². The number of nitrogens with zero attached hydrogens (tertiary/aromatic N) is 3. The molecule has 1 saturated heterocycles. The van der Waals surface area contributed by atoms with Gasteiger partial charge in [-0.3, -0.25) is 5.10 Å². The Morgan fingerprint density at radius 2 is 1.91 bits per heavy atom. The maximum Gasteiger partial charge on any atom is 0.244 e. The van der Waals surface area contributed by atoms with Gasteiger partial charge in [0.05, 0.1) is 24.3 Å². The summed E-state index contributed by atoms with van der Waals surface area (Å²) in [5.74, 6) is 2.26. The van der Waals surface area contributed by atoms with Crippen LogP contribution in [-0.2, 0) is 10.5 Å². The number of nitrogens with two attached hydrogens (primary N) is 1. The average Bonchev–Trinajstić information content (AvgIpc) is 3.29. The molecule has 32 heavy (non-hydrogen) atoms. The molecule has 1 aromatic heterocycles. The van der Waals surface area contributed by atoms with Crippen molar-refractivity contribution in [3.63, 3.8) is 0 Å². The molecule has 0 radical (unpaired) electrons. The number of morpholine rings is 1. The molecule has 1 aliphatic heterocycles. The molecule has 2 heterocycles. The van der Waals surface area contributed by atoms with E-state index in [0.29, 0.717) is 31.5 Å². The standard InChI is InChI=1S/C21H25ClN6OS.2ClH/c22-17-7-6-16(12-19(17)30-14-15-4-2-1-3-5-15)24-18(13-23)20-25-21(27-26-20)28-8-10-29-11-9-28;;/h1-7,12,18,24H,8-11,13-14,23H2,(H,25,26,27);2*1H. The second-order valence-corrected chi connectivity index (χ2v) is 8.40. The molecule has 1 fully saturated rings. The Kier molecular flexibility index (Phi) is 10.9. The highest BCUT2D eigenvalue weighted by molar-refractivity contribution is 7.98. The number of rotatable bonds is 8. The molecular formula is C21H27Cl3N6OS. The van der Waals surface area contributed by atoms with Gasteiger partial charge in [0.1, 0.15) is 5.82 Å². The summed E-state index contributed by atoms with van der Waals surface area (Å²) in [4.78, 5) is 7.78. The first-order valence-electron chi connectivity index (χ1n) is 9.91. The summed E-state index contributed by atoms with van der Waals surface area (Å²) in [6.45, 7) is 3.34. The first-order chi connectivity index (χ1) is 14.7. The van der Waals surface area contributed by atoms with Gasteiger partial charge in [-0.15, -0.1) is 41.7 Å². The molecule has 3 aromatic rings. The topological polar surface area (TPSA) is 92.1 Å². The van der Waals surface area contributed by atoms with Crippen molar-refractivity contribution in [1.29, 1.82) is 0 Å². The number of thioether (sulfide) groups is 1. The molecule has 0 bridgehead atoms. The van der Waals surface area contributed by atoms with Crippen LogP contribution in [0.4, 0.5) is 11.6 Å². The van der Waals surface area contributed by atoms with Gasteiger partial charge in [0.25, 0.3) is 0 Å². The number of ether oxygens (including phenoxy) is 1. The molecular weight excluding hydrogens is 491 g/mol. The Morgan fingerprint density at radius 3 is 2.62 bits per heavy atom.